The van der Waals surface area contributed by atoms with Crippen LogP contribution in [0, 0.1) is 11.7 Å². The van der Waals surface area contributed by atoms with Gasteiger partial charge >= 0.3 is 0 Å². The average molecular weight is 449 g/mol. The molecule has 2 unspecified atom stereocenters. The first kappa shape index (κ1) is 23.0. The van der Waals surface area contributed by atoms with E-state index in [2.05, 4.69) is 5.32 Å². The average Bonchev–Trinajstić information content (AvgIpc) is 2.78. The van der Waals surface area contributed by atoms with Crippen molar-refractivity contribution in [3.63, 3.8) is 0 Å². The maximum absolute atomic E-state index is 13.4. The number of carbonyl (C=O) groups excluding carboxylic acids is 2. The van der Waals surface area contributed by atoms with Crippen molar-refractivity contribution < 1.29 is 23.8 Å². The van der Waals surface area contributed by atoms with Crippen LogP contribution in [-0.2, 0) is 4.79 Å². The van der Waals surface area contributed by atoms with Crippen LogP contribution in [0.4, 0.5) is 4.39 Å². The zero-order chi connectivity index (χ0) is 22.5. The van der Waals surface area contributed by atoms with Gasteiger partial charge in [-0.3, -0.25) is 9.59 Å². The maximum Gasteiger partial charge on any atom is 0.257 e. The van der Waals surface area contributed by atoms with Crippen molar-refractivity contribution >= 4 is 23.4 Å². The zero-order valence-electron chi connectivity index (χ0n) is 17.5. The van der Waals surface area contributed by atoms with E-state index in [0.29, 0.717) is 47.8 Å². The first-order chi connectivity index (χ1) is 14.8. The number of nitrogens with one attached hydrogen (secondary N) is 1. The molecule has 2 aromatic rings. The minimum absolute atomic E-state index is 0.185. The Labute approximate surface area is 186 Å². The molecule has 2 N–H and O–H groups in total. The first-order valence-corrected chi connectivity index (χ1v) is 10.5. The number of halogens is 2. The van der Waals surface area contributed by atoms with Crippen molar-refractivity contribution in [1.82, 2.24) is 10.2 Å². The van der Waals surface area contributed by atoms with Crippen molar-refractivity contribution in [2.45, 2.75) is 31.9 Å². The summed E-state index contributed by atoms with van der Waals surface area (Å²) in [5, 5.41) is 13.7. The Balaban J connectivity index is 1.56. The fraction of sp³-hybridized carbons (Fsp3) is 0.391. The molecule has 1 aliphatic rings. The van der Waals surface area contributed by atoms with Gasteiger partial charge in [-0.25, -0.2) is 4.39 Å². The summed E-state index contributed by atoms with van der Waals surface area (Å²) in [5.74, 6) is -0.631. The number of nitrogens with zero attached hydrogens (tertiary/aromatic N) is 1. The molecule has 0 aromatic heterocycles. The first-order valence-electron chi connectivity index (χ1n) is 10.2. The second-order valence-corrected chi connectivity index (χ2v) is 8.14. The molecule has 1 heterocycles. The molecule has 8 heteroatoms. The van der Waals surface area contributed by atoms with Crippen LogP contribution in [0.3, 0.4) is 0 Å². The second-order valence-electron chi connectivity index (χ2n) is 7.71. The van der Waals surface area contributed by atoms with Gasteiger partial charge in [0.2, 0.25) is 5.91 Å². The quantitative estimate of drug-likeness (QED) is 0.708. The minimum atomic E-state index is -1.02. The van der Waals surface area contributed by atoms with E-state index in [9.17, 15) is 19.1 Å². The lowest BCUT2D eigenvalue weighted by atomic mass is 9.94. The normalized spacial score (nSPS) is 16.5. The third-order valence-corrected chi connectivity index (χ3v) is 5.81. The van der Waals surface area contributed by atoms with Crippen LogP contribution < -0.4 is 10.1 Å². The molecule has 0 aliphatic carbocycles. The Bertz CT molecular complexity index is 947. The summed E-state index contributed by atoms with van der Waals surface area (Å²) in [6.07, 6.45) is -0.0106. The Hall–Kier alpha value is -2.64. The minimum Gasteiger partial charge on any atom is -0.496 e. The number of methoxy groups -OCH3 is 1. The maximum atomic E-state index is 13.4. The van der Waals surface area contributed by atoms with Crippen molar-refractivity contribution in [3.8, 4) is 5.75 Å². The number of aliphatic hydroxyl groups is 1. The fourth-order valence-corrected chi connectivity index (χ4v) is 3.93. The smallest absolute Gasteiger partial charge is 0.257 e. The SMILES string of the molecule is COc1ccc(Cl)cc1C(=O)N1CCC(C(=O)NC(C)C(O)c2cccc(F)c2)CC1. The number of amides is 2. The molecule has 1 fully saturated rings. The van der Waals surface area contributed by atoms with Crippen molar-refractivity contribution in [2.75, 3.05) is 20.2 Å². The summed E-state index contributed by atoms with van der Waals surface area (Å²) in [6, 6.07) is 10.00. The third kappa shape index (κ3) is 5.54. The molecule has 1 aliphatic heterocycles. The van der Waals surface area contributed by atoms with Gasteiger partial charge in [0.25, 0.3) is 5.91 Å². The standard InChI is InChI=1S/C23H26ClFN2O4/c1-14(21(28)16-4-3-5-18(25)12-16)26-22(29)15-8-10-27(11-9-15)23(30)19-13-17(24)6-7-20(19)31-2/h3-7,12-15,21,28H,8-11H2,1-2H3,(H,26,29). The van der Waals surface area contributed by atoms with E-state index < -0.39 is 18.0 Å². The zero-order valence-corrected chi connectivity index (χ0v) is 18.2. The largest absolute Gasteiger partial charge is 0.496 e. The van der Waals surface area contributed by atoms with Crippen LogP contribution in [0.25, 0.3) is 0 Å². The second kappa shape index (κ2) is 10.1. The molecule has 2 atom stereocenters. The van der Waals surface area contributed by atoms with Crippen LogP contribution in [0.1, 0.15) is 41.8 Å². The number of aliphatic hydroxyl groups excluding tert-OH is 1. The number of hydrogen-bond acceptors (Lipinski definition) is 4. The molecule has 31 heavy (non-hydrogen) atoms. The third-order valence-electron chi connectivity index (χ3n) is 5.58. The number of carbonyl (C=O) groups is 2. The van der Waals surface area contributed by atoms with Gasteiger partial charge < -0.3 is 20.1 Å². The van der Waals surface area contributed by atoms with Gasteiger partial charge in [-0.15, -0.1) is 0 Å². The van der Waals surface area contributed by atoms with Crippen molar-refractivity contribution in [3.05, 3.63) is 64.4 Å². The molecule has 0 saturated carbocycles. The highest BCUT2D eigenvalue weighted by atomic mass is 35.5. The number of hydrogen-bond donors (Lipinski definition) is 2. The molecule has 1 saturated heterocycles. The van der Waals surface area contributed by atoms with E-state index in [4.69, 9.17) is 16.3 Å². The van der Waals surface area contributed by atoms with Crippen molar-refractivity contribution in [2.24, 2.45) is 5.92 Å². The predicted molar refractivity (Wildman–Crippen MR) is 116 cm³/mol. The molecule has 3 rings (SSSR count). The van der Waals surface area contributed by atoms with Crippen LogP contribution in [0.15, 0.2) is 42.5 Å². The summed E-state index contributed by atoms with van der Waals surface area (Å²) in [4.78, 5) is 27.2. The molecule has 6 nitrogen and oxygen atoms in total. The fourth-order valence-electron chi connectivity index (χ4n) is 3.76. The Kier molecular flexibility index (Phi) is 7.51. The van der Waals surface area contributed by atoms with E-state index in [0.717, 1.165) is 0 Å². The topological polar surface area (TPSA) is 78.9 Å². The van der Waals surface area contributed by atoms with Gasteiger partial charge in [0, 0.05) is 24.0 Å². The lowest BCUT2D eigenvalue weighted by Crippen LogP contribution is -2.46. The summed E-state index contributed by atoms with van der Waals surface area (Å²) in [7, 11) is 1.50. The molecule has 0 bridgehead atoms. The Morgan fingerprint density at radius 1 is 1.23 bits per heavy atom. The number of piperidine rings is 1. The number of ether oxygens (including phenoxy) is 1. The molecular formula is C23H26ClFN2O4. The molecule has 166 valence electrons. The predicted octanol–water partition coefficient (Wildman–Crippen LogP) is 3.58. The van der Waals surface area contributed by atoms with Crippen LogP contribution in [-0.4, -0.2) is 48.1 Å². The summed E-state index contributed by atoms with van der Waals surface area (Å²) in [5.41, 5.74) is 0.799. The molecule has 2 amide bonds. The number of likely N-dealkylation sites (tertiary alicyclic amines) is 1. The van der Waals surface area contributed by atoms with E-state index >= 15 is 0 Å². The van der Waals surface area contributed by atoms with E-state index in [-0.39, 0.29) is 17.7 Å². The van der Waals surface area contributed by atoms with Gasteiger partial charge in [-0.1, -0.05) is 23.7 Å². The van der Waals surface area contributed by atoms with Gasteiger partial charge in [0.05, 0.1) is 24.8 Å². The summed E-state index contributed by atoms with van der Waals surface area (Å²) >= 11 is 6.03. The summed E-state index contributed by atoms with van der Waals surface area (Å²) in [6.45, 7) is 2.53. The molecule has 0 spiro atoms. The van der Waals surface area contributed by atoms with E-state index in [1.54, 1.807) is 36.1 Å². The van der Waals surface area contributed by atoms with Gasteiger partial charge in [-0.05, 0) is 55.7 Å². The van der Waals surface area contributed by atoms with E-state index in [1.165, 1.54) is 25.3 Å². The monoisotopic (exact) mass is 448 g/mol. The molecule has 0 radical (unpaired) electrons. The number of rotatable bonds is 6. The summed E-state index contributed by atoms with van der Waals surface area (Å²) < 4.78 is 18.7. The van der Waals surface area contributed by atoms with Crippen LogP contribution in [0.5, 0.6) is 5.75 Å². The van der Waals surface area contributed by atoms with Gasteiger partial charge in [0.1, 0.15) is 11.6 Å². The highest BCUT2D eigenvalue weighted by Crippen LogP contribution is 2.27. The number of benzene rings is 2. The van der Waals surface area contributed by atoms with Gasteiger partial charge in [0.15, 0.2) is 0 Å². The lowest BCUT2D eigenvalue weighted by Gasteiger charge is -2.32. The van der Waals surface area contributed by atoms with Crippen molar-refractivity contribution in [1.29, 1.82) is 0 Å². The van der Waals surface area contributed by atoms with Crippen LogP contribution in [0.2, 0.25) is 5.02 Å². The lowest BCUT2D eigenvalue weighted by molar-refractivity contribution is -0.127. The van der Waals surface area contributed by atoms with Crippen LogP contribution >= 0.6 is 11.6 Å². The molecule has 2 aromatic carbocycles. The Morgan fingerprint density at radius 3 is 2.58 bits per heavy atom. The Morgan fingerprint density at radius 2 is 1.94 bits per heavy atom. The highest BCUT2D eigenvalue weighted by Gasteiger charge is 2.30. The molecular weight excluding hydrogens is 423 g/mol. The highest BCUT2D eigenvalue weighted by molar-refractivity contribution is 6.31. The van der Waals surface area contributed by atoms with E-state index in [1.807, 2.05) is 0 Å². The van der Waals surface area contributed by atoms with Gasteiger partial charge in [-0.2, -0.15) is 0 Å².